The van der Waals surface area contributed by atoms with E-state index in [1.54, 1.807) is 43.3 Å². The molecule has 0 aliphatic rings. The number of hydrogen-bond donors (Lipinski definition) is 6. The van der Waals surface area contributed by atoms with Crippen LogP contribution in [0.5, 0.6) is 23.0 Å². The average Bonchev–Trinajstić information content (AvgIpc) is 3.39. The van der Waals surface area contributed by atoms with Crippen molar-refractivity contribution >= 4 is 74.7 Å². The Balaban J connectivity index is 0.000000456. The van der Waals surface area contributed by atoms with Gasteiger partial charge in [0, 0.05) is 28.9 Å². The summed E-state index contributed by atoms with van der Waals surface area (Å²) in [5.74, 6) is 0.628. The van der Waals surface area contributed by atoms with E-state index in [0.29, 0.717) is 35.5 Å². The summed E-state index contributed by atoms with van der Waals surface area (Å²) in [5, 5.41) is 33.2. The number of nitrogens with two attached hydrogens (primary N) is 1. The third kappa shape index (κ3) is 31.6. The molecule has 0 aliphatic heterocycles. The number of benzene rings is 7. The van der Waals surface area contributed by atoms with Crippen molar-refractivity contribution < 1.29 is 48.8 Å². The summed E-state index contributed by atoms with van der Waals surface area (Å²) < 4.78 is 10.1. The fourth-order valence-corrected chi connectivity index (χ4v) is 6.15. The first-order valence-corrected chi connectivity index (χ1v) is 25.3. The van der Waals surface area contributed by atoms with Crippen LogP contribution in [-0.4, -0.2) is 74.0 Å². The number of carbonyl (C=O) groups excluding carboxylic acids is 5. The number of thiocarbonyl (C=S) groups is 2. The molecule has 0 saturated carbocycles. The van der Waals surface area contributed by atoms with E-state index >= 15 is 0 Å². The number of methoxy groups -OCH3 is 1. The second-order valence-electron chi connectivity index (χ2n) is 17.3. The number of para-hydroxylation sites is 2. The van der Waals surface area contributed by atoms with E-state index in [9.17, 15) is 29.1 Å². The third-order valence-electron chi connectivity index (χ3n) is 10.1. The number of rotatable bonds is 13. The van der Waals surface area contributed by atoms with E-state index in [-0.39, 0.29) is 52.8 Å². The Bertz CT molecular complexity index is 2880. The predicted molar refractivity (Wildman–Crippen MR) is 323 cm³/mol. The first kappa shape index (κ1) is 67.8. The molecule has 0 bridgehead atoms. The number of carbonyl (C=O) groups is 5. The number of phenolic OH excluding ortho intramolecular Hbond substituents is 3. The van der Waals surface area contributed by atoms with Crippen LogP contribution in [0, 0.1) is 13.8 Å². The second-order valence-corrected chi connectivity index (χ2v) is 18.5. The molecule has 13 nitrogen and oxygen atoms in total. The average molecular weight is 1100 g/mol. The van der Waals surface area contributed by atoms with Crippen LogP contribution in [0.2, 0.25) is 0 Å². The highest BCUT2D eigenvalue weighted by Gasteiger charge is 2.08. The van der Waals surface area contributed by atoms with Crippen LogP contribution in [0.3, 0.4) is 0 Å². The van der Waals surface area contributed by atoms with Crippen molar-refractivity contribution in [1.29, 1.82) is 0 Å². The summed E-state index contributed by atoms with van der Waals surface area (Å²) in [6, 6.07) is 52.6. The number of aromatic hydroxyl groups is 3. The molecule has 0 saturated heterocycles. The predicted octanol–water partition coefficient (Wildman–Crippen LogP) is 13.2. The van der Waals surface area contributed by atoms with E-state index in [4.69, 9.17) is 49.9 Å². The number of ether oxygens (including phenoxy) is 2. The van der Waals surface area contributed by atoms with Crippen molar-refractivity contribution in [3.05, 3.63) is 215 Å². The third-order valence-corrected chi connectivity index (χ3v) is 10.3. The summed E-state index contributed by atoms with van der Waals surface area (Å²) in [4.78, 5) is 55.3. The van der Waals surface area contributed by atoms with Crippen molar-refractivity contribution in [2.24, 2.45) is 5.73 Å². The molecule has 0 radical (unpaired) electrons. The van der Waals surface area contributed by atoms with Gasteiger partial charge in [-0.05, 0) is 152 Å². The molecule has 412 valence electrons. The topological polar surface area (TPSA) is 215 Å². The van der Waals surface area contributed by atoms with E-state index in [1.165, 1.54) is 76.3 Å². The zero-order chi connectivity index (χ0) is 58.6. The minimum atomic E-state index is -0.501. The summed E-state index contributed by atoms with van der Waals surface area (Å²) in [6.45, 7) is 16.1. The van der Waals surface area contributed by atoms with Gasteiger partial charge in [-0.1, -0.05) is 133 Å². The zero-order valence-corrected chi connectivity index (χ0v) is 47.7. The Hall–Kier alpha value is -8.21. The van der Waals surface area contributed by atoms with Crippen molar-refractivity contribution in [3.8, 4) is 23.0 Å². The van der Waals surface area contributed by atoms with Gasteiger partial charge in [-0.3, -0.25) is 24.0 Å². The quantitative estimate of drug-likeness (QED) is 0.0468. The maximum atomic E-state index is 10.9. The maximum Gasteiger partial charge on any atom is 0.163 e. The molecular weight excluding hydrogens is 1020 g/mol. The fraction of sp³-hybridized carbons (Fsp3) is 0.222. The van der Waals surface area contributed by atoms with Crippen LogP contribution in [0.4, 0.5) is 11.4 Å². The van der Waals surface area contributed by atoms with Crippen LogP contribution in [0.25, 0.3) is 0 Å². The van der Waals surface area contributed by atoms with Gasteiger partial charge < -0.3 is 41.2 Å². The Kier molecular flexibility index (Phi) is 33.3. The van der Waals surface area contributed by atoms with Gasteiger partial charge in [0.1, 0.15) is 23.1 Å². The van der Waals surface area contributed by atoms with E-state index in [2.05, 4.69) is 29.7 Å². The lowest BCUT2D eigenvalue weighted by Crippen LogP contribution is -2.33. The van der Waals surface area contributed by atoms with Crippen LogP contribution >= 0.6 is 24.4 Å². The van der Waals surface area contributed by atoms with Gasteiger partial charge in [-0.15, -0.1) is 0 Å². The molecule has 0 spiro atoms. The minimum Gasteiger partial charge on any atom is -0.508 e. The molecule has 1 atom stereocenters. The molecule has 7 aromatic rings. The summed E-state index contributed by atoms with van der Waals surface area (Å²) in [7, 11) is 1.44. The number of anilines is 2. The fourth-order valence-electron chi connectivity index (χ4n) is 5.92. The Morgan fingerprint density at radius 1 is 0.526 bits per heavy atom. The van der Waals surface area contributed by atoms with Crippen molar-refractivity contribution in [3.63, 3.8) is 0 Å². The molecule has 1 unspecified atom stereocenters. The van der Waals surface area contributed by atoms with Gasteiger partial charge in [0.25, 0.3) is 0 Å². The highest BCUT2D eigenvalue weighted by molar-refractivity contribution is 7.80. The van der Waals surface area contributed by atoms with Gasteiger partial charge in [0.2, 0.25) is 0 Å². The largest absolute Gasteiger partial charge is 0.508 e. The van der Waals surface area contributed by atoms with Crippen molar-refractivity contribution in [1.82, 2.24) is 0 Å². The van der Waals surface area contributed by atoms with Gasteiger partial charge >= 0.3 is 0 Å². The maximum absolute atomic E-state index is 10.9. The van der Waals surface area contributed by atoms with Crippen LogP contribution in [0.1, 0.15) is 102 Å². The lowest BCUT2D eigenvalue weighted by Gasteiger charge is -2.08. The summed E-state index contributed by atoms with van der Waals surface area (Å²) in [6.07, 6.45) is 0.556. The lowest BCUT2D eigenvalue weighted by molar-refractivity contribution is -0.119. The van der Waals surface area contributed by atoms with E-state index < -0.39 is 6.04 Å². The van der Waals surface area contributed by atoms with Gasteiger partial charge in [0.15, 0.2) is 28.8 Å². The monoisotopic (exact) mass is 1100 g/mol. The number of aryl methyl sites for hydroxylation is 2. The summed E-state index contributed by atoms with van der Waals surface area (Å²) >= 11 is 9.77. The molecule has 0 heterocycles. The lowest BCUT2D eigenvalue weighted by atomic mass is 10.1. The smallest absolute Gasteiger partial charge is 0.163 e. The molecule has 7 aromatic carbocycles. The molecular formula is C63H73N3O10S2. The SMILES string of the molecule is CC(=O)C(N)COCc1ccccc1.CC(=O)Cc1ccc(C)cc1.CC(=O)c1ccc(O)cc1.CC(=O)c1ccccc1O.CC(=S)Nc1ccc(C)cc1.CC(=S)Nc1ccccc1.COc1cc(C(C)=O)ccc1O. The Labute approximate surface area is 470 Å². The molecule has 0 fully saturated rings. The molecule has 78 heavy (non-hydrogen) atoms. The number of ketones is 5. The van der Waals surface area contributed by atoms with Crippen molar-refractivity contribution in [2.45, 2.75) is 81.4 Å². The second kappa shape index (κ2) is 38.4. The first-order chi connectivity index (χ1) is 36.9. The molecule has 7 N–H and O–H groups in total. The normalized spacial score (nSPS) is 9.88. The highest BCUT2D eigenvalue weighted by atomic mass is 32.1. The Morgan fingerprint density at radius 3 is 1.42 bits per heavy atom. The van der Waals surface area contributed by atoms with Gasteiger partial charge in [0.05, 0.1) is 41.9 Å². The van der Waals surface area contributed by atoms with Crippen molar-refractivity contribution in [2.75, 3.05) is 24.4 Å². The van der Waals surface area contributed by atoms with Crippen LogP contribution < -0.4 is 21.1 Å². The summed E-state index contributed by atoms with van der Waals surface area (Å²) in [5.41, 5.74) is 13.8. The number of phenols is 3. The molecule has 0 aliphatic carbocycles. The number of Topliss-reactive ketones (excluding diaryl/α,β-unsaturated/α-hetero) is 5. The van der Waals surface area contributed by atoms with Gasteiger partial charge in [-0.2, -0.15) is 0 Å². The minimum absolute atomic E-state index is 0.0139. The Morgan fingerprint density at radius 2 is 0.987 bits per heavy atom. The number of nitrogens with one attached hydrogen (secondary N) is 2. The highest BCUT2D eigenvalue weighted by Crippen LogP contribution is 2.26. The zero-order valence-electron chi connectivity index (χ0n) is 46.0. The van der Waals surface area contributed by atoms with E-state index in [1.807, 2.05) is 118 Å². The van der Waals surface area contributed by atoms with E-state index in [0.717, 1.165) is 32.5 Å². The molecule has 0 aromatic heterocycles. The molecule has 0 amide bonds. The standard InChI is InChI=1S/C11H15NO2.C10H12O.C9H11NS.C9H10O3.C8H9NS.2C8H8O2/c1-9(13)11(12)8-14-7-10-5-3-2-4-6-10;1-8-3-5-10(6-4-8)7-9(2)11;1-7-3-5-9(6-4-7)10-8(2)11;1-6(10)7-3-4-8(11)9(5-7)12-2;1-7(10)9-8-5-3-2-4-6-8;1-6(9)7-2-4-8(10)5-3-7;1-6(9)7-4-2-3-5-8(7)10/h2-6,11H,7-8,12H2,1H3;3-6H,7H2,1-2H3;3-6H,1-2H3,(H,10,11);3-5,11H,1-2H3;2-6H,1H3,(H,9,10);2*2-5,10H,1H3. The van der Waals surface area contributed by atoms with Gasteiger partial charge in [-0.25, -0.2) is 0 Å². The first-order valence-electron chi connectivity index (χ1n) is 24.5. The molecule has 15 heteroatoms. The van der Waals surface area contributed by atoms with Crippen LogP contribution in [0.15, 0.2) is 176 Å². The number of hydrogen-bond acceptors (Lipinski definition) is 13. The van der Waals surface area contributed by atoms with Crippen LogP contribution in [-0.2, 0) is 27.4 Å². The molecule has 7 rings (SSSR count).